The van der Waals surface area contributed by atoms with Crippen LogP contribution in [0.5, 0.6) is 0 Å². The number of rotatable bonds is 8. The van der Waals surface area contributed by atoms with Crippen molar-refractivity contribution < 1.29 is 37.5 Å². The second-order valence-corrected chi connectivity index (χ2v) is 9.14. The predicted octanol–water partition coefficient (Wildman–Crippen LogP) is 4.47. The number of aliphatic imine (C=N–C) groups is 1. The Morgan fingerprint density at radius 3 is 2.62 bits per heavy atom. The number of primary amides is 1. The minimum atomic E-state index is -0.543. The standard InChI is InChI=1S/C21H28N4OS2.Y/c1-5-14(3)13-28-18(19(22)26)17(6-2)24-16-9-7-15(8-10-16)21(4)11-12-27-20(23)25-21;/h2,7-10,14H,5,11-13H2,1,3-4H3,(H5,22,23,24,25,26);/p-1. The molecule has 0 saturated heterocycles. The number of amides is 1. The first-order valence-electron chi connectivity index (χ1n) is 9.23. The molecule has 1 aromatic carbocycles. The third-order valence-corrected chi connectivity index (χ3v) is 6.92. The molecule has 4 N–H and O–H groups in total. The van der Waals surface area contributed by atoms with Gasteiger partial charge in [-0.3, -0.25) is 9.79 Å². The Bertz CT molecular complexity index is 817. The topological polar surface area (TPSA) is 95.6 Å². The van der Waals surface area contributed by atoms with Crippen molar-refractivity contribution >= 4 is 40.3 Å². The number of hydrogen-bond acceptors (Lipinski definition) is 5. The average molecular weight is 505 g/mol. The van der Waals surface area contributed by atoms with Gasteiger partial charge in [-0.25, -0.2) is 0 Å². The summed E-state index contributed by atoms with van der Waals surface area (Å²) in [4.78, 5) is 16.8. The van der Waals surface area contributed by atoms with Crippen molar-refractivity contribution in [2.75, 3.05) is 11.5 Å². The van der Waals surface area contributed by atoms with Crippen molar-refractivity contribution in [3.63, 3.8) is 0 Å². The summed E-state index contributed by atoms with van der Waals surface area (Å²) in [7, 11) is 0. The van der Waals surface area contributed by atoms with Crippen LogP contribution in [0.3, 0.4) is 0 Å². The van der Waals surface area contributed by atoms with Gasteiger partial charge >= 0.3 is 0 Å². The number of benzene rings is 1. The second-order valence-electron chi connectivity index (χ2n) is 6.99. The van der Waals surface area contributed by atoms with Crippen LogP contribution in [0.25, 0.3) is 5.32 Å². The summed E-state index contributed by atoms with van der Waals surface area (Å²) in [6.45, 7) is 6.31. The van der Waals surface area contributed by atoms with Crippen LogP contribution in [0, 0.1) is 18.3 Å². The molecule has 1 heterocycles. The van der Waals surface area contributed by atoms with Gasteiger partial charge in [-0.1, -0.05) is 67.9 Å². The Morgan fingerprint density at radius 1 is 1.45 bits per heavy atom. The van der Waals surface area contributed by atoms with Crippen molar-refractivity contribution in [2.24, 2.45) is 22.4 Å². The van der Waals surface area contributed by atoms with Crippen LogP contribution in [0.2, 0.25) is 0 Å². The van der Waals surface area contributed by atoms with Crippen molar-refractivity contribution in [2.45, 2.75) is 39.2 Å². The molecule has 0 bridgehead atoms. The molecule has 8 heteroatoms. The Morgan fingerprint density at radius 2 is 2.10 bits per heavy atom. The average Bonchev–Trinajstić information content (AvgIpc) is 2.66. The number of nitrogens with zero attached hydrogens (tertiary/aromatic N) is 2. The van der Waals surface area contributed by atoms with Crippen molar-refractivity contribution in [3.8, 4) is 12.3 Å². The van der Waals surface area contributed by atoms with E-state index >= 15 is 0 Å². The van der Waals surface area contributed by atoms with E-state index in [-0.39, 0.29) is 43.9 Å². The summed E-state index contributed by atoms with van der Waals surface area (Å²) in [5, 5.41) is 5.10. The van der Waals surface area contributed by atoms with Gasteiger partial charge in [0.15, 0.2) is 5.17 Å². The first-order chi connectivity index (χ1) is 13.3. The van der Waals surface area contributed by atoms with Crippen molar-refractivity contribution in [3.05, 3.63) is 45.7 Å². The molecule has 0 aliphatic carbocycles. The minimum Gasteiger partial charge on any atom is -0.650 e. The van der Waals surface area contributed by atoms with E-state index in [0.29, 0.717) is 21.7 Å². The number of hydrogen-bond donors (Lipinski definition) is 2. The Balaban J connectivity index is 0.00000420. The van der Waals surface area contributed by atoms with Gasteiger partial charge in [0, 0.05) is 44.2 Å². The molecule has 0 aromatic heterocycles. The molecule has 1 amide bonds. The van der Waals surface area contributed by atoms with Gasteiger partial charge in [0.05, 0.1) is 10.4 Å². The fourth-order valence-electron chi connectivity index (χ4n) is 2.67. The quantitative estimate of drug-likeness (QED) is 0.404. The van der Waals surface area contributed by atoms with Gasteiger partial charge in [-0.05, 0) is 24.8 Å². The fourth-order valence-corrected chi connectivity index (χ4v) is 4.71. The monoisotopic (exact) mass is 504 g/mol. The van der Waals surface area contributed by atoms with E-state index in [0.717, 1.165) is 29.9 Å². The normalized spacial score (nSPS) is 20.4. The van der Waals surface area contributed by atoms with Gasteiger partial charge in [-0.2, -0.15) is 0 Å². The zero-order valence-electron chi connectivity index (χ0n) is 17.1. The molecule has 5 nitrogen and oxygen atoms in total. The summed E-state index contributed by atoms with van der Waals surface area (Å²) in [5.74, 6) is 4.14. The van der Waals surface area contributed by atoms with Crippen LogP contribution in [0.1, 0.15) is 39.2 Å². The maximum Gasteiger partial charge on any atom is 0.254 e. The maximum absolute atomic E-state index is 11.9. The summed E-state index contributed by atoms with van der Waals surface area (Å²) in [6.07, 6.45) is 7.56. The summed E-state index contributed by atoms with van der Waals surface area (Å²) >= 11 is 2.95. The number of allylic oxidation sites excluding steroid dienone is 1. The number of nitrogens with two attached hydrogens (primary N) is 2. The molecule has 153 valence electrons. The van der Waals surface area contributed by atoms with E-state index in [9.17, 15) is 4.79 Å². The molecule has 1 aliphatic rings. The van der Waals surface area contributed by atoms with Crippen molar-refractivity contribution in [1.82, 2.24) is 0 Å². The zero-order chi connectivity index (χ0) is 20.7. The zero-order valence-corrected chi connectivity index (χ0v) is 21.6. The molecule has 0 spiro atoms. The molecular formula is C21H27N4OS2Y-. The van der Waals surface area contributed by atoms with E-state index in [1.807, 2.05) is 24.3 Å². The molecule has 1 radical (unpaired) electrons. The summed E-state index contributed by atoms with van der Waals surface area (Å²) in [5.41, 5.74) is 13.1. The number of thioether (sulfide) groups is 2. The molecule has 2 rings (SSSR count). The first-order valence-corrected chi connectivity index (χ1v) is 11.2. The van der Waals surface area contributed by atoms with Gasteiger partial charge in [0.2, 0.25) is 0 Å². The molecule has 1 aliphatic heterocycles. The Hall–Kier alpha value is -0.936. The van der Waals surface area contributed by atoms with Crippen LogP contribution in [-0.4, -0.2) is 22.6 Å². The third-order valence-electron chi connectivity index (χ3n) is 4.71. The van der Waals surface area contributed by atoms with E-state index in [1.165, 1.54) is 11.8 Å². The summed E-state index contributed by atoms with van der Waals surface area (Å²) in [6, 6.07) is 7.72. The van der Waals surface area contributed by atoms with Crippen LogP contribution in [-0.2, 0) is 43.0 Å². The largest absolute Gasteiger partial charge is 0.650 e. The van der Waals surface area contributed by atoms with Crippen LogP contribution in [0.4, 0.5) is 5.69 Å². The predicted molar refractivity (Wildman–Crippen MR) is 122 cm³/mol. The van der Waals surface area contributed by atoms with Crippen molar-refractivity contribution in [1.29, 1.82) is 0 Å². The van der Waals surface area contributed by atoms with E-state index in [1.54, 1.807) is 11.8 Å². The van der Waals surface area contributed by atoms with Gasteiger partial charge in [0.1, 0.15) is 0 Å². The van der Waals surface area contributed by atoms with Crippen LogP contribution in [0.15, 0.2) is 39.9 Å². The molecule has 0 fully saturated rings. The molecule has 0 saturated carbocycles. The fraction of sp³-hybridized carbons (Fsp3) is 0.429. The third kappa shape index (κ3) is 7.36. The molecule has 29 heavy (non-hydrogen) atoms. The number of amidine groups is 1. The number of terminal acetylenes is 1. The van der Waals surface area contributed by atoms with Gasteiger partial charge in [0.25, 0.3) is 5.91 Å². The molecular weight excluding hydrogens is 477 g/mol. The first kappa shape index (κ1) is 26.1. The SMILES string of the molecule is C#C/C([N-]c1ccc(C2(C)CCSC(N)=N2)cc1)=C(\SCC(C)CC)C(N)=O.[Y]. The maximum atomic E-state index is 11.9. The Labute approximate surface area is 207 Å². The van der Waals surface area contributed by atoms with E-state index < -0.39 is 5.91 Å². The molecule has 2 unspecified atom stereocenters. The molecule has 1 aromatic rings. The smallest absolute Gasteiger partial charge is 0.254 e. The van der Waals surface area contributed by atoms with Gasteiger partial charge < -0.3 is 16.8 Å². The minimum absolute atomic E-state index is 0. The Kier molecular flexibility index (Phi) is 10.8. The number of carbonyl (C=O) groups excluding carboxylic acids is 1. The number of carbonyl (C=O) groups is 1. The van der Waals surface area contributed by atoms with E-state index in [2.05, 4.69) is 37.0 Å². The molecule has 2 atom stereocenters. The van der Waals surface area contributed by atoms with Gasteiger partial charge in [-0.15, -0.1) is 23.9 Å². The van der Waals surface area contributed by atoms with Crippen LogP contribution >= 0.6 is 23.5 Å². The van der Waals surface area contributed by atoms with Crippen LogP contribution < -0.4 is 11.5 Å². The summed E-state index contributed by atoms with van der Waals surface area (Å²) < 4.78 is 0. The van der Waals surface area contributed by atoms with E-state index in [4.69, 9.17) is 17.9 Å². The second kappa shape index (κ2) is 12.0.